The van der Waals surface area contributed by atoms with Crippen molar-refractivity contribution in [2.45, 2.75) is 13.0 Å². The molecule has 11 heteroatoms. The van der Waals surface area contributed by atoms with Crippen molar-refractivity contribution in [1.29, 1.82) is 10.5 Å². The number of nitrogen functional groups attached to an aromatic ring is 2. The lowest BCUT2D eigenvalue weighted by Crippen LogP contribution is -2.32. The fourth-order valence-electron chi connectivity index (χ4n) is 3.05. The van der Waals surface area contributed by atoms with Crippen LogP contribution in [0.3, 0.4) is 0 Å². The summed E-state index contributed by atoms with van der Waals surface area (Å²) in [5, 5.41) is 27.6. The summed E-state index contributed by atoms with van der Waals surface area (Å²) in [7, 11) is 0. The number of nitriles is 2. The fraction of sp³-hybridized carbons (Fsp3) is 0.111. The number of hydrogen-bond donors (Lipinski definition) is 4. The monoisotopic (exact) mass is 386 g/mol. The summed E-state index contributed by atoms with van der Waals surface area (Å²) in [4.78, 5) is 12.9. The molecule has 1 atom stereocenters. The van der Waals surface area contributed by atoms with Crippen LogP contribution in [-0.4, -0.2) is 21.1 Å². The first kappa shape index (κ1) is 17.8. The number of aryl methyl sites for hydroxylation is 1. The number of benzene rings is 1. The van der Waals surface area contributed by atoms with Crippen LogP contribution in [0, 0.1) is 29.7 Å². The summed E-state index contributed by atoms with van der Waals surface area (Å²) in [6.45, 7) is 1.71. The molecule has 0 saturated carbocycles. The first-order valence-corrected chi connectivity index (χ1v) is 8.41. The number of nitrogens with one attached hydrogen (secondary N) is 2. The van der Waals surface area contributed by atoms with E-state index in [-0.39, 0.29) is 23.0 Å². The van der Waals surface area contributed by atoms with E-state index in [1.54, 1.807) is 6.92 Å². The number of fused-ring (bicyclic) bond motifs is 1. The molecule has 1 aliphatic heterocycles. The zero-order chi connectivity index (χ0) is 20.5. The van der Waals surface area contributed by atoms with Gasteiger partial charge in [-0.2, -0.15) is 15.5 Å². The van der Waals surface area contributed by atoms with Gasteiger partial charge in [-0.25, -0.2) is 9.98 Å². The Morgan fingerprint density at radius 3 is 2.55 bits per heavy atom. The molecule has 0 saturated heterocycles. The number of aliphatic imine (C=N–C) groups is 1. The van der Waals surface area contributed by atoms with Gasteiger partial charge in [0.2, 0.25) is 17.7 Å². The van der Waals surface area contributed by atoms with E-state index < -0.39 is 6.04 Å². The van der Waals surface area contributed by atoms with Crippen LogP contribution in [-0.2, 0) is 0 Å². The van der Waals surface area contributed by atoms with Gasteiger partial charge in [-0.15, -0.1) is 0 Å². The number of aromatic nitrogens is 3. The van der Waals surface area contributed by atoms with Gasteiger partial charge in [-0.3, -0.25) is 5.32 Å². The van der Waals surface area contributed by atoms with Crippen LogP contribution in [0.2, 0.25) is 0 Å². The van der Waals surface area contributed by atoms with E-state index >= 15 is 0 Å². The lowest BCUT2D eigenvalue weighted by Gasteiger charge is -2.26. The third-order valence-corrected chi connectivity index (χ3v) is 4.37. The third-order valence-electron chi connectivity index (χ3n) is 4.37. The third kappa shape index (κ3) is 3.02. The number of nitrogens with zero attached hydrogens (tertiary/aromatic N) is 6. The van der Waals surface area contributed by atoms with Gasteiger partial charge in [0.05, 0.1) is 5.69 Å². The van der Waals surface area contributed by atoms with Gasteiger partial charge in [0, 0.05) is 18.1 Å². The fourth-order valence-corrected chi connectivity index (χ4v) is 3.05. The Morgan fingerprint density at radius 1 is 1.17 bits per heavy atom. The molecule has 6 N–H and O–H groups in total. The minimum Gasteiger partial charge on any atom is -0.397 e. The Balaban J connectivity index is 1.82. The smallest absolute Gasteiger partial charge is 0.223 e. The second-order valence-electron chi connectivity index (χ2n) is 6.16. The zero-order valence-electron chi connectivity index (χ0n) is 15.1. The lowest BCUT2D eigenvalue weighted by atomic mass is 9.94. The van der Waals surface area contributed by atoms with E-state index in [4.69, 9.17) is 21.3 Å². The van der Waals surface area contributed by atoms with Gasteiger partial charge in [0.15, 0.2) is 6.19 Å². The maximum atomic E-state index is 9.37. The van der Waals surface area contributed by atoms with Crippen molar-refractivity contribution < 1.29 is 4.52 Å². The van der Waals surface area contributed by atoms with Crippen molar-refractivity contribution in [3.63, 3.8) is 0 Å². The van der Waals surface area contributed by atoms with E-state index in [1.807, 2.05) is 36.5 Å². The first-order chi connectivity index (χ1) is 14.0. The molecule has 0 spiro atoms. The highest BCUT2D eigenvalue weighted by molar-refractivity contribution is 5.98. The number of rotatable bonds is 2. The molecule has 0 bridgehead atoms. The van der Waals surface area contributed by atoms with Crippen LogP contribution in [0.15, 0.2) is 33.8 Å². The Bertz CT molecular complexity index is 1210. The standard InChI is InChI=1S/C18H14N10O/c1-8-24-16(28-29-8)10-4-2-9(3-5-10)14-12-13(21)11(6-19)15(22)26-17(12)27-18(25-14)23-7-20/h2-5,14H,1H3,(H6,21,22,23,25,26,27). The summed E-state index contributed by atoms with van der Waals surface area (Å²) in [5.74, 6) is 1.45. The number of nitrogens with two attached hydrogens (primary N) is 2. The van der Waals surface area contributed by atoms with E-state index in [0.717, 1.165) is 11.1 Å². The molecule has 0 radical (unpaired) electrons. The Hall–Kier alpha value is -4.64. The molecule has 0 amide bonds. The summed E-state index contributed by atoms with van der Waals surface area (Å²) in [6, 6.07) is 8.66. The molecule has 29 heavy (non-hydrogen) atoms. The van der Waals surface area contributed by atoms with Crippen molar-refractivity contribution >= 4 is 23.3 Å². The highest BCUT2D eigenvalue weighted by Crippen LogP contribution is 2.40. The van der Waals surface area contributed by atoms with Crippen molar-refractivity contribution in [3.8, 4) is 23.7 Å². The number of guanidine groups is 1. The first-order valence-electron chi connectivity index (χ1n) is 8.41. The minimum absolute atomic E-state index is 0.00367. The van der Waals surface area contributed by atoms with Gasteiger partial charge in [0.1, 0.15) is 29.3 Å². The quantitative estimate of drug-likeness (QED) is 0.370. The van der Waals surface area contributed by atoms with Crippen LogP contribution in [0.4, 0.5) is 17.3 Å². The minimum atomic E-state index is -0.608. The Labute approximate surface area is 164 Å². The summed E-state index contributed by atoms with van der Waals surface area (Å²) in [6.07, 6.45) is 1.81. The van der Waals surface area contributed by atoms with Gasteiger partial charge in [0.25, 0.3) is 0 Å². The average molecular weight is 386 g/mol. The predicted octanol–water partition coefficient (Wildman–Crippen LogP) is 1.42. The van der Waals surface area contributed by atoms with E-state index in [1.165, 1.54) is 0 Å². The molecule has 11 nitrogen and oxygen atoms in total. The number of pyridine rings is 1. The normalized spacial score (nSPS) is 14.7. The van der Waals surface area contributed by atoms with Crippen LogP contribution in [0.25, 0.3) is 11.4 Å². The molecule has 4 rings (SSSR count). The van der Waals surface area contributed by atoms with Gasteiger partial charge in [-0.1, -0.05) is 29.4 Å². The maximum Gasteiger partial charge on any atom is 0.223 e. The van der Waals surface area contributed by atoms with E-state index in [0.29, 0.717) is 23.1 Å². The van der Waals surface area contributed by atoms with Crippen molar-refractivity contribution in [1.82, 2.24) is 20.4 Å². The van der Waals surface area contributed by atoms with E-state index in [9.17, 15) is 5.26 Å². The molecule has 2 aromatic heterocycles. The van der Waals surface area contributed by atoms with Crippen molar-refractivity contribution in [2.24, 2.45) is 4.99 Å². The summed E-state index contributed by atoms with van der Waals surface area (Å²) in [5.41, 5.74) is 14.4. The Kier molecular flexibility index (Phi) is 4.18. The second kappa shape index (κ2) is 6.83. The molecule has 1 aromatic carbocycles. The molecule has 0 aliphatic carbocycles. The molecular formula is C18H14N10O. The summed E-state index contributed by atoms with van der Waals surface area (Å²) >= 11 is 0. The molecular weight excluding hydrogens is 372 g/mol. The molecule has 1 aliphatic rings. The Morgan fingerprint density at radius 2 is 1.93 bits per heavy atom. The maximum absolute atomic E-state index is 9.37. The predicted molar refractivity (Wildman–Crippen MR) is 104 cm³/mol. The number of anilines is 3. The number of hydrogen-bond acceptors (Lipinski definition) is 11. The van der Waals surface area contributed by atoms with Gasteiger partial charge in [-0.05, 0) is 5.56 Å². The van der Waals surface area contributed by atoms with Crippen molar-refractivity contribution in [3.05, 3.63) is 46.8 Å². The highest BCUT2D eigenvalue weighted by atomic mass is 16.5. The SMILES string of the molecule is Cc1nc(-c2ccc(C3N=C(NC#N)Nc4nc(N)c(C#N)c(N)c43)cc2)no1. The van der Waals surface area contributed by atoms with E-state index in [2.05, 4.69) is 30.8 Å². The van der Waals surface area contributed by atoms with Gasteiger partial charge >= 0.3 is 0 Å². The van der Waals surface area contributed by atoms with Crippen LogP contribution < -0.4 is 22.1 Å². The highest BCUT2D eigenvalue weighted by Gasteiger charge is 2.29. The van der Waals surface area contributed by atoms with Crippen LogP contribution in [0.1, 0.15) is 28.6 Å². The average Bonchev–Trinajstić information content (AvgIpc) is 3.14. The van der Waals surface area contributed by atoms with Crippen molar-refractivity contribution in [2.75, 3.05) is 16.8 Å². The topological polar surface area (TPSA) is 188 Å². The zero-order valence-corrected chi connectivity index (χ0v) is 15.1. The molecule has 1 unspecified atom stereocenters. The lowest BCUT2D eigenvalue weighted by molar-refractivity contribution is 0.394. The van der Waals surface area contributed by atoms with Gasteiger partial charge < -0.3 is 21.3 Å². The molecule has 3 aromatic rings. The molecule has 142 valence electrons. The molecule has 3 heterocycles. The van der Waals surface area contributed by atoms with Crippen LogP contribution in [0.5, 0.6) is 0 Å². The molecule has 0 fully saturated rings. The summed E-state index contributed by atoms with van der Waals surface area (Å²) < 4.78 is 5.01. The second-order valence-corrected chi connectivity index (χ2v) is 6.16. The largest absolute Gasteiger partial charge is 0.397 e. The van der Waals surface area contributed by atoms with Crippen LogP contribution >= 0.6 is 0 Å².